The number of nitro groups is 1. The highest BCUT2D eigenvalue weighted by atomic mass is 32.2. The van der Waals surface area contributed by atoms with Gasteiger partial charge in [0.15, 0.2) is 0 Å². The molecule has 2 rings (SSSR count). The smallest absolute Gasteiger partial charge is 0.271 e. The molecule has 0 aliphatic carbocycles. The first kappa shape index (κ1) is 23.1. The summed E-state index contributed by atoms with van der Waals surface area (Å²) in [6.07, 6.45) is 1.47. The predicted molar refractivity (Wildman–Crippen MR) is 117 cm³/mol. The summed E-state index contributed by atoms with van der Waals surface area (Å²) in [6.45, 7) is 1.15. The van der Waals surface area contributed by atoms with Crippen molar-refractivity contribution in [1.82, 2.24) is 5.32 Å². The Kier molecular flexibility index (Phi) is 8.16. The second kappa shape index (κ2) is 10.6. The summed E-state index contributed by atoms with van der Waals surface area (Å²) >= 11 is 0. The Morgan fingerprint density at radius 1 is 1.07 bits per heavy atom. The molecule has 9 nitrogen and oxygen atoms in total. The van der Waals surface area contributed by atoms with E-state index in [-0.39, 0.29) is 36.7 Å². The van der Waals surface area contributed by atoms with Crippen LogP contribution >= 0.6 is 0 Å². The van der Waals surface area contributed by atoms with Gasteiger partial charge < -0.3 is 10.2 Å². The van der Waals surface area contributed by atoms with Crippen molar-refractivity contribution in [3.05, 3.63) is 64.7 Å². The molecule has 0 aliphatic heterocycles. The molecule has 0 spiro atoms. The van der Waals surface area contributed by atoms with Gasteiger partial charge in [-0.15, -0.1) is 0 Å². The molecule has 0 heterocycles. The van der Waals surface area contributed by atoms with Crippen LogP contribution < -0.4 is 14.5 Å². The Balaban J connectivity index is 1.84. The number of rotatable bonds is 11. The van der Waals surface area contributed by atoms with E-state index < -0.39 is 14.9 Å². The highest BCUT2D eigenvalue weighted by Gasteiger charge is 2.19. The summed E-state index contributed by atoms with van der Waals surface area (Å²) in [7, 11) is -1.71. The second-order valence-corrected chi connectivity index (χ2v) is 8.73. The molecular formula is C20H26N4O5S. The van der Waals surface area contributed by atoms with Crippen LogP contribution in [-0.4, -0.2) is 52.2 Å². The first-order chi connectivity index (χ1) is 14.2. The molecule has 0 radical (unpaired) electrons. The van der Waals surface area contributed by atoms with E-state index in [1.54, 1.807) is 0 Å². The standard InChI is InChI=1S/C20H26N4O5S/c1-22(17-8-4-3-5-9-17)15-13-21-20(25)12-7-14-23(30(2,28)29)18-10-6-11-19(16-18)24(26)27/h3-6,8-11,16H,7,12-15H2,1-2H3,(H,21,25). The Morgan fingerprint density at radius 2 is 1.73 bits per heavy atom. The van der Waals surface area contributed by atoms with Gasteiger partial charge >= 0.3 is 0 Å². The lowest BCUT2D eigenvalue weighted by molar-refractivity contribution is -0.384. The molecule has 0 saturated carbocycles. The van der Waals surface area contributed by atoms with Gasteiger partial charge in [-0.2, -0.15) is 0 Å². The highest BCUT2D eigenvalue weighted by Crippen LogP contribution is 2.23. The van der Waals surface area contributed by atoms with E-state index in [4.69, 9.17) is 0 Å². The Bertz CT molecular complexity index is 966. The minimum absolute atomic E-state index is 0.0529. The van der Waals surface area contributed by atoms with Crippen LogP contribution in [0, 0.1) is 10.1 Å². The van der Waals surface area contributed by atoms with Crippen LogP contribution in [0.25, 0.3) is 0 Å². The zero-order valence-electron chi connectivity index (χ0n) is 17.0. The number of nitro benzene ring substituents is 1. The fourth-order valence-corrected chi connectivity index (χ4v) is 3.85. The zero-order valence-corrected chi connectivity index (χ0v) is 17.8. The number of non-ortho nitro benzene ring substituents is 1. The third-order valence-electron chi connectivity index (χ3n) is 4.46. The van der Waals surface area contributed by atoms with Gasteiger partial charge in [-0.25, -0.2) is 8.42 Å². The second-order valence-electron chi connectivity index (χ2n) is 6.82. The SMILES string of the molecule is CN(CCNC(=O)CCCN(c1cccc([N+](=O)[O-])c1)S(C)(=O)=O)c1ccccc1. The van der Waals surface area contributed by atoms with Crippen molar-refractivity contribution in [2.24, 2.45) is 0 Å². The van der Waals surface area contributed by atoms with Crippen molar-refractivity contribution in [2.75, 3.05) is 42.1 Å². The summed E-state index contributed by atoms with van der Waals surface area (Å²) in [4.78, 5) is 24.5. The van der Waals surface area contributed by atoms with E-state index in [1.807, 2.05) is 42.3 Å². The number of anilines is 2. The first-order valence-electron chi connectivity index (χ1n) is 9.43. The lowest BCUT2D eigenvalue weighted by Crippen LogP contribution is -2.34. The Morgan fingerprint density at radius 3 is 2.37 bits per heavy atom. The summed E-state index contributed by atoms with van der Waals surface area (Å²) in [5.74, 6) is -0.177. The van der Waals surface area contributed by atoms with Crippen LogP contribution in [0.2, 0.25) is 0 Å². The van der Waals surface area contributed by atoms with E-state index in [0.717, 1.165) is 16.2 Å². The number of carbonyl (C=O) groups is 1. The molecular weight excluding hydrogens is 408 g/mol. The predicted octanol–water partition coefficient (Wildman–Crippen LogP) is 2.39. The monoisotopic (exact) mass is 434 g/mol. The molecule has 1 N–H and O–H groups in total. The number of hydrogen-bond donors (Lipinski definition) is 1. The Labute approximate surface area is 176 Å². The summed E-state index contributed by atoms with van der Waals surface area (Å²) in [5.41, 5.74) is 1.06. The van der Waals surface area contributed by atoms with Gasteiger partial charge in [0.1, 0.15) is 0 Å². The normalized spacial score (nSPS) is 11.0. The van der Waals surface area contributed by atoms with Crippen molar-refractivity contribution < 1.29 is 18.1 Å². The lowest BCUT2D eigenvalue weighted by Gasteiger charge is -2.22. The van der Waals surface area contributed by atoms with Gasteiger partial charge in [-0.3, -0.25) is 19.2 Å². The number of amides is 1. The van der Waals surface area contributed by atoms with Crippen molar-refractivity contribution >= 4 is 33.0 Å². The van der Waals surface area contributed by atoms with Crippen LogP contribution in [0.4, 0.5) is 17.1 Å². The number of likely N-dealkylation sites (N-methyl/N-ethyl adjacent to an activating group) is 1. The molecule has 30 heavy (non-hydrogen) atoms. The number of hydrogen-bond acceptors (Lipinski definition) is 6. The number of benzene rings is 2. The molecule has 0 atom stereocenters. The van der Waals surface area contributed by atoms with E-state index in [1.165, 1.54) is 24.3 Å². The summed E-state index contributed by atoms with van der Waals surface area (Å²) in [5, 5.41) is 13.8. The molecule has 0 aliphatic rings. The number of nitrogens with zero attached hydrogens (tertiary/aromatic N) is 3. The average Bonchev–Trinajstić information content (AvgIpc) is 2.71. The minimum atomic E-state index is -3.64. The maximum Gasteiger partial charge on any atom is 0.271 e. The van der Waals surface area contributed by atoms with Gasteiger partial charge in [-0.05, 0) is 24.6 Å². The lowest BCUT2D eigenvalue weighted by atomic mass is 10.2. The van der Waals surface area contributed by atoms with Crippen LogP contribution in [0.15, 0.2) is 54.6 Å². The van der Waals surface area contributed by atoms with Crippen molar-refractivity contribution in [2.45, 2.75) is 12.8 Å². The van der Waals surface area contributed by atoms with E-state index >= 15 is 0 Å². The zero-order chi connectivity index (χ0) is 22.1. The molecule has 2 aromatic carbocycles. The van der Waals surface area contributed by atoms with E-state index in [2.05, 4.69) is 5.32 Å². The molecule has 0 bridgehead atoms. The van der Waals surface area contributed by atoms with Crippen molar-refractivity contribution in [1.29, 1.82) is 0 Å². The fourth-order valence-electron chi connectivity index (χ4n) is 2.89. The van der Waals surface area contributed by atoms with Gasteiger partial charge in [0, 0.05) is 50.9 Å². The van der Waals surface area contributed by atoms with Crippen LogP contribution in [-0.2, 0) is 14.8 Å². The molecule has 1 amide bonds. The van der Waals surface area contributed by atoms with Crippen LogP contribution in [0.5, 0.6) is 0 Å². The number of carbonyl (C=O) groups excluding carboxylic acids is 1. The first-order valence-corrected chi connectivity index (χ1v) is 11.3. The minimum Gasteiger partial charge on any atom is -0.373 e. The molecule has 162 valence electrons. The maximum absolute atomic E-state index is 12.1. The van der Waals surface area contributed by atoms with Crippen LogP contribution in [0.3, 0.4) is 0 Å². The quantitative estimate of drug-likeness (QED) is 0.429. The topological polar surface area (TPSA) is 113 Å². The maximum atomic E-state index is 12.1. The molecule has 2 aromatic rings. The molecule has 0 fully saturated rings. The van der Waals surface area contributed by atoms with Crippen molar-refractivity contribution in [3.63, 3.8) is 0 Å². The van der Waals surface area contributed by atoms with Gasteiger partial charge in [0.25, 0.3) is 5.69 Å². The highest BCUT2D eigenvalue weighted by molar-refractivity contribution is 7.92. The molecule has 0 saturated heterocycles. The largest absolute Gasteiger partial charge is 0.373 e. The summed E-state index contributed by atoms with van der Waals surface area (Å²) < 4.78 is 25.3. The molecule has 0 aromatic heterocycles. The number of sulfonamides is 1. The van der Waals surface area contributed by atoms with Gasteiger partial charge in [-0.1, -0.05) is 24.3 Å². The fraction of sp³-hybridized carbons (Fsp3) is 0.350. The summed E-state index contributed by atoms with van der Waals surface area (Å²) in [6, 6.07) is 15.2. The average molecular weight is 435 g/mol. The van der Waals surface area contributed by atoms with Crippen LogP contribution in [0.1, 0.15) is 12.8 Å². The Hall–Kier alpha value is -3.14. The third-order valence-corrected chi connectivity index (χ3v) is 5.65. The third kappa shape index (κ3) is 7.03. The van der Waals surface area contributed by atoms with Gasteiger partial charge in [0.2, 0.25) is 15.9 Å². The number of para-hydroxylation sites is 1. The van der Waals surface area contributed by atoms with Gasteiger partial charge in [0.05, 0.1) is 16.9 Å². The van der Waals surface area contributed by atoms with E-state index in [0.29, 0.717) is 13.1 Å². The van der Waals surface area contributed by atoms with Crippen molar-refractivity contribution in [3.8, 4) is 0 Å². The molecule has 0 unspecified atom stereocenters. The molecule has 10 heteroatoms. The van der Waals surface area contributed by atoms with E-state index in [9.17, 15) is 23.3 Å². The number of nitrogens with one attached hydrogen (secondary N) is 1.